The van der Waals surface area contributed by atoms with E-state index in [9.17, 15) is 0 Å². The number of rotatable bonds is 2. The van der Waals surface area contributed by atoms with E-state index in [0.717, 1.165) is 23.4 Å². The fraction of sp³-hybridized carbons (Fsp3) is 0.235. The number of oxime groups is 1. The Hall–Kier alpha value is -2.29. The molecule has 0 N–H and O–H groups in total. The van der Waals surface area contributed by atoms with Crippen LogP contribution in [0.25, 0.3) is 0 Å². The lowest BCUT2D eigenvalue weighted by Crippen LogP contribution is -2.14. The van der Waals surface area contributed by atoms with Gasteiger partial charge in [-0.15, -0.1) is 0 Å². The van der Waals surface area contributed by atoms with E-state index in [1.165, 1.54) is 11.1 Å². The van der Waals surface area contributed by atoms with Crippen LogP contribution in [0.15, 0.2) is 53.7 Å². The Bertz CT molecular complexity index is 676. The second kappa shape index (κ2) is 4.37. The van der Waals surface area contributed by atoms with E-state index in [1.807, 2.05) is 24.3 Å². The summed E-state index contributed by atoms with van der Waals surface area (Å²) in [5.74, 6) is 1.19. The van der Waals surface area contributed by atoms with Crippen molar-refractivity contribution in [3.63, 3.8) is 0 Å². The lowest BCUT2D eigenvalue weighted by Gasteiger charge is -2.10. The molecule has 1 aliphatic heterocycles. The quantitative estimate of drug-likeness (QED) is 0.833. The second-order valence-electron chi connectivity index (χ2n) is 5.24. The smallest absolute Gasteiger partial charge is 0.161 e. The molecule has 2 atom stereocenters. The number of hydrogen-bond donors (Lipinski definition) is 0. The zero-order valence-corrected chi connectivity index (χ0v) is 11.2. The molecule has 3 nitrogen and oxygen atoms in total. The van der Waals surface area contributed by atoms with Gasteiger partial charge in [-0.25, -0.2) is 0 Å². The van der Waals surface area contributed by atoms with E-state index in [4.69, 9.17) is 9.57 Å². The minimum atomic E-state index is 0.0864. The highest BCUT2D eigenvalue weighted by atomic mass is 16.6. The Kier molecular flexibility index (Phi) is 2.52. The van der Waals surface area contributed by atoms with Crippen molar-refractivity contribution in [1.29, 1.82) is 0 Å². The predicted molar refractivity (Wildman–Crippen MR) is 77.0 cm³/mol. The molecular formula is C17H15NO2. The Morgan fingerprint density at radius 1 is 1.10 bits per heavy atom. The van der Waals surface area contributed by atoms with Gasteiger partial charge < -0.3 is 9.57 Å². The number of fused-ring (bicyclic) bond motifs is 3. The van der Waals surface area contributed by atoms with Gasteiger partial charge in [0.25, 0.3) is 0 Å². The van der Waals surface area contributed by atoms with E-state index < -0.39 is 0 Å². The molecule has 2 aliphatic rings. The number of hydrogen-bond acceptors (Lipinski definition) is 3. The summed E-state index contributed by atoms with van der Waals surface area (Å²) in [5, 5.41) is 4.32. The highest BCUT2D eigenvalue weighted by Gasteiger charge is 2.42. The van der Waals surface area contributed by atoms with Crippen molar-refractivity contribution < 1.29 is 9.57 Å². The van der Waals surface area contributed by atoms with Crippen molar-refractivity contribution in [2.24, 2.45) is 11.1 Å². The van der Waals surface area contributed by atoms with Gasteiger partial charge in [-0.2, -0.15) is 0 Å². The largest absolute Gasteiger partial charge is 0.497 e. The van der Waals surface area contributed by atoms with Crippen LogP contribution in [-0.4, -0.2) is 12.8 Å². The molecule has 0 radical (unpaired) electrons. The molecule has 0 fully saturated rings. The van der Waals surface area contributed by atoms with Gasteiger partial charge in [0.2, 0.25) is 0 Å². The first-order valence-corrected chi connectivity index (χ1v) is 6.83. The third-order valence-corrected chi connectivity index (χ3v) is 4.17. The van der Waals surface area contributed by atoms with Gasteiger partial charge >= 0.3 is 0 Å². The minimum Gasteiger partial charge on any atom is -0.497 e. The Balaban J connectivity index is 1.66. The van der Waals surface area contributed by atoms with Crippen molar-refractivity contribution in [3.8, 4) is 5.75 Å². The van der Waals surface area contributed by atoms with Crippen LogP contribution in [0.3, 0.4) is 0 Å². The zero-order chi connectivity index (χ0) is 13.5. The average molecular weight is 265 g/mol. The van der Waals surface area contributed by atoms with Gasteiger partial charge in [-0.3, -0.25) is 0 Å². The van der Waals surface area contributed by atoms with E-state index in [1.54, 1.807) is 7.11 Å². The second-order valence-corrected chi connectivity index (χ2v) is 5.24. The summed E-state index contributed by atoms with van der Waals surface area (Å²) in [7, 11) is 1.68. The van der Waals surface area contributed by atoms with E-state index in [-0.39, 0.29) is 6.10 Å². The maximum Gasteiger partial charge on any atom is 0.161 e. The van der Waals surface area contributed by atoms with Crippen LogP contribution in [-0.2, 0) is 11.3 Å². The highest BCUT2D eigenvalue weighted by Crippen LogP contribution is 2.44. The molecule has 0 aromatic heterocycles. The predicted octanol–water partition coefficient (Wildman–Crippen LogP) is 3.34. The van der Waals surface area contributed by atoms with Crippen molar-refractivity contribution in [1.82, 2.24) is 0 Å². The average Bonchev–Trinajstić information content (AvgIpc) is 3.06. The first kappa shape index (κ1) is 11.5. The molecule has 0 saturated heterocycles. The standard InChI is InChI=1S/C17H15NO2/c1-19-13-8-6-11(7-9-13)16-15-10-12-4-2-3-5-14(12)17(15)20-18-16/h2-9,15,17H,10H2,1H3/t15-,17-/m0/s1. The third kappa shape index (κ3) is 1.63. The van der Waals surface area contributed by atoms with E-state index in [0.29, 0.717) is 5.92 Å². The van der Waals surface area contributed by atoms with Gasteiger partial charge in [0.1, 0.15) is 5.75 Å². The van der Waals surface area contributed by atoms with Crippen LogP contribution in [0.4, 0.5) is 0 Å². The molecule has 1 aliphatic carbocycles. The Labute approximate surface area is 117 Å². The lowest BCUT2D eigenvalue weighted by molar-refractivity contribution is 0.0697. The number of nitrogens with zero attached hydrogens (tertiary/aromatic N) is 1. The molecule has 1 heterocycles. The molecule has 2 aromatic rings. The molecule has 0 spiro atoms. The molecular weight excluding hydrogens is 250 g/mol. The summed E-state index contributed by atoms with van der Waals surface area (Å²) in [6.07, 6.45) is 1.09. The lowest BCUT2D eigenvalue weighted by atomic mass is 9.93. The van der Waals surface area contributed by atoms with Gasteiger partial charge in [0.05, 0.1) is 18.7 Å². The topological polar surface area (TPSA) is 30.8 Å². The van der Waals surface area contributed by atoms with Crippen molar-refractivity contribution >= 4 is 5.71 Å². The molecule has 0 unspecified atom stereocenters. The molecule has 20 heavy (non-hydrogen) atoms. The highest BCUT2D eigenvalue weighted by molar-refractivity contribution is 6.03. The van der Waals surface area contributed by atoms with Crippen molar-refractivity contribution in [3.05, 3.63) is 65.2 Å². The summed E-state index contributed by atoms with van der Waals surface area (Å²) < 4.78 is 5.20. The van der Waals surface area contributed by atoms with Gasteiger partial charge in [0.15, 0.2) is 6.10 Å². The van der Waals surface area contributed by atoms with E-state index in [2.05, 4.69) is 29.4 Å². The maximum atomic E-state index is 5.68. The summed E-state index contributed by atoms with van der Waals surface area (Å²) >= 11 is 0. The Morgan fingerprint density at radius 2 is 1.90 bits per heavy atom. The summed E-state index contributed by atoms with van der Waals surface area (Å²) in [6, 6.07) is 16.5. The van der Waals surface area contributed by atoms with Crippen LogP contribution >= 0.6 is 0 Å². The maximum absolute atomic E-state index is 5.68. The van der Waals surface area contributed by atoms with Crippen LogP contribution < -0.4 is 4.74 Å². The first-order valence-electron chi connectivity index (χ1n) is 6.83. The number of methoxy groups -OCH3 is 1. The minimum absolute atomic E-state index is 0.0864. The SMILES string of the molecule is COc1ccc(C2=NO[C@H]3c4ccccc4C[C@@H]23)cc1. The molecule has 100 valence electrons. The monoisotopic (exact) mass is 265 g/mol. The molecule has 0 saturated carbocycles. The van der Waals surface area contributed by atoms with Crippen molar-refractivity contribution in [2.75, 3.05) is 7.11 Å². The first-order chi connectivity index (χ1) is 9.86. The molecule has 3 heteroatoms. The van der Waals surface area contributed by atoms with Crippen LogP contribution in [0, 0.1) is 5.92 Å². The number of benzene rings is 2. The molecule has 2 aromatic carbocycles. The normalized spacial score (nSPS) is 22.8. The third-order valence-electron chi connectivity index (χ3n) is 4.17. The fourth-order valence-electron chi connectivity index (χ4n) is 3.14. The van der Waals surface area contributed by atoms with Gasteiger partial charge in [-0.05, 0) is 41.8 Å². The number of ether oxygens (including phenoxy) is 1. The van der Waals surface area contributed by atoms with E-state index >= 15 is 0 Å². The van der Waals surface area contributed by atoms with Gasteiger partial charge in [0, 0.05) is 5.56 Å². The zero-order valence-electron chi connectivity index (χ0n) is 11.2. The fourth-order valence-corrected chi connectivity index (χ4v) is 3.14. The molecule has 0 amide bonds. The van der Waals surface area contributed by atoms with Crippen LogP contribution in [0.5, 0.6) is 5.75 Å². The summed E-state index contributed by atoms with van der Waals surface area (Å²) in [4.78, 5) is 5.68. The molecule has 4 rings (SSSR count). The molecule has 0 bridgehead atoms. The van der Waals surface area contributed by atoms with Crippen LogP contribution in [0.1, 0.15) is 22.8 Å². The van der Waals surface area contributed by atoms with Crippen molar-refractivity contribution in [2.45, 2.75) is 12.5 Å². The summed E-state index contributed by atoms with van der Waals surface area (Å²) in [6.45, 7) is 0. The summed E-state index contributed by atoms with van der Waals surface area (Å²) in [5.41, 5.74) is 4.83. The van der Waals surface area contributed by atoms with Gasteiger partial charge in [-0.1, -0.05) is 29.4 Å². The van der Waals surface area contributed by atoms with Crippen LogP contribution in [0.2, 0.25) is 0 Å². The Morgan fingerprint density at radius 3 is 2.70 bits per heavy atom.